The monoisotopic (exact) mass is 288 g/mol. The zero-order valence-electron chi connectivity index (χ0n) is 10.8. The van der Waals surface area contributed by atoms with Crippen molar-refractivity contribution < 1.29 is 8.81 Å². The standard InChI is InChI=1S/C15H13FN2OS/c1-9-7-10(4-5-11(9)16)12-8-20-15(18-12)14(17)13-3-2-6-19-13/h2-8,14H,17H2,1H3. The fourth-order valence-corrected chi connectivity index (χ4v) is 2.79. The summed E-state index contributed by atoms with van der Waals surface area (Å²) in [4.78, 5) is 4.52. The molecule has 0 aliphatic carbocycles. The Bertz CT molecular complexity index is 721. The van der Waals surface area contributed by atoms with Gasteiger partial charge in [0.2, 0.25) is 0 Å². The molecule has 0 bridgehead atoms. The minimum absolute atomic E-state index is 0.212. The third-order valence-corrected chi connectivity index (χ3v) is 4.02. The second-order valence-corrected chi connectivity index (χ2v) is 5.42. The van der Waals surface area contributed by atoms with Crippen LogP contribution in [0.1, 0.15) is 22.4 Å². The van der Waals surface area contributed by atoms with Crippen molar-refractivity contribution in [1.82, 2.24) is 4.98 Å². The van der Waals surface area contributed by atoms with Crippen LogP contribution in [0.3, 0.4) is 0 Å². The van der Waals surface area contributed by atoms with Crippen LogP contribution in [0.25, 0.3) is 11.3 Å². The van der Waals surface area contributed by atoms with Gasteiger partial charge in [-0.1, -0.05) is 0 Å². The maximum Gasteiger partial charge on any atom is 0.127 e. The molecule has 0 radical (unpaired) electrons. The van der Waals surface area contributed by atoms with Crippen LogP contribution in [0.2, 0.25) is 0 Å². The van der Waals surface area contributed by atoms with Gasteiger partial charge in [-0.3, -0.25) is 0 Å². The third kappa shape index (κ3) is 2.37. The molecule has 0 spiro atoms. The Kier molecular flexibility index (Phi) is 3.38. The lowest BCUT2D eigenvalue weighted by Gasteiger charge is -2.04. The molecule has 2 heterocycles. The number of aryl methyl sites for hydroxylation is 1. The molecule has 1 aromatic carbocycles. The van der Waals surface area contributed by atoms with Crippen molar-refractivity contribution in [2.75, 3.05) is 0 Å². The van der Waals surface area contributed by atoms with E-state index < -0.39 is 0 Å². The number of nitrogens with zero attached hydrogens (tertiary/aromatic N) is 1. The molecular weight excluding hydrogens is 275 g/mol. The van der Waals surface area contributed by atoms with Gasteiger partial charge < -0.3 is 10.2 Å². The van der Waals surface area contributed by atoms with E-state index in [1.54, 1.807) is 31.4 Å². The van der Waals surface area contributed by atoms with Gasteiger partial charge in [-0.2, -0.15) is 0 Å². The Hall–Kier alpha value is -1.98. The largest absolute Gasteiger partial charge is 0.467 e. The van der Waals surface area contributed by atoms with E-state index in [-0.39, 0.29) is 11.9 Å². The number of benzene rings is 1. The smallest absolute Gasteiger partial charge is 0.127 e. The van der Waals surface area contributed by atoms with Gasteiger partial charge >= 0.3 is 0 Å². The molecule has 3 nitrogen and oxygen atoms in total. The van der Waals surface area contributed by atoms with Crippen LogP contribution in [0.15, 0.2) is 46.4 Å². The summed E-state index contributed by atoms with van der Waals surface area (Å²) in [6.07, 6.45) is 1.59. The summed E-state index contributed by atoms with van der Waals surface area (Å²) in [6.45, 7) is 1.74. The van der Waals surface area contributed by atoms with Crippen LogP contribution < -0.4 is 5.73 Å². The van der Waals surface area contributed by atoms with Gasteiger partial charge in [0, 0.05) is 10.9 Å². The molecular formula is C15H13FN2OS. The van der Waals surface area contributed by atoms with Gasteiger partial charge in [0.15, 0.2) is 0 Å². The Labute approximate surface area is 119 Å². The first kappa shape index (κ1) is 13.0. The van der Waals surface area contributed by atoms with E-state index in [1.807, 2.05) is 11.4 Å². The number of hydrogen-bond donors (Lipinski definition) is 1. The summed E-state index contributed by atoms with van der Waals surface area (Å²) in [5.41, 5.74) is 8.39. The molecule has 0 aliphatic rings. The van der Waals surface area contributed by atoms with Crippen molar-refractivity contribution >= 4 is 11.3 Å². The van der Waals surface area contributed by atoms with Gasteiger partial charge in [0.05, 0.1) is 12.0 Å². The average Bonchev–Trinajstić information content (AvgIpc) is 3.11. The number of rotatable bonds is 3. The van der Waals surface area contributed by atoms with Crippen LogP contribution in [0.5, 0.6) is 0 Å². The average molecular weight is 288 g/mol. The number of hydrogen-bond acceptors (Lipinski definition) is 4. The minimum Gasteiger partial charge on any atom is -0.467 e. The van der Waals surface area contributed by atoms with Crippen molar-refractivity contribution in [1.29, 1.82) is 0 Å². The summed E-state index contributed by atoms with van der Waals surface area (Å²) >= 11 is 1.47. The molecule has 0 saturated carbocycles. The lowest BCUT2D eigenvalue weighted by molar-refractivity contribution is 0.489. The summed E-state index contributed by atoms with van der Waals surface area (Å²) in [7, 11) is 0. The summed E-state index contributed by atoms with van der Waals surface area (Å²) in [5, 5.41) is 2.70. The van der Waals surface area contributed by atoms with Crippen LogP contribution in [0, 0.1) is 12.7 Å². The zero-order chi connectivity index (χ0) is 14.1. The van der Waals surface area contributed by atoms with Crippen LogP contribution in [0.4, 0.5) is 4.39 Å². The first-order valence-corrected chi connectivity index (χ1v) is 7.04. The molecule has 2 N–H and O–H groups in total. The molecule has 5 heteroatoms. The SMILES string of the molecule is Cc1cc(-c2csc(C(N)c3ccco3)n2)ccc1F. The molecule has 2 aromatic heterocycles. The second-order valence-electron chi connectivity index (χ2n) is 4.53. The van der Waals surface area contributed by atoms with Crippen LogP contribution >= 0.6 is 11.3 Å². The molecule has 3 rings (SSSR count). The van der Waals surface area contributed by atoms with Crippen LogP contribution in [-0.2, 0) is 0 Å². The molecule has 0 aliphatic heterocycles. The number of furan rings is 1. The van der Waals surface area contributed by atoms with E-state index in [2.05, 4.69) is 4.98 Å². The second kappa shape index (κ2) is 5.19. The molecule has 0 fully saturated rings. The number of thiazole rings is 1. The van der Waals surface area contributed by atoms with Crippen molar-refractivity contribution in [2.45, 2.75) is 13.0 Å². The van der Waals surface area contributed by atoms with Gasteiger partial charge in [0.1, 0.15) is 22.6 Å². The number of nitrogens with two attached hydrogens (primary N) is 1. The van der Waals surface area contributed by atoms with Gasteiger partial charge in [-0.25, -0.2) is 9.37 Å². The molecule has 0 saturated heterocycles. The first-order chi connectivity index (χ1) is 9.65. The van der Waals surface area contributed by atoms with Gasteiger partial charge in [-0.15, -0.1) is 11.3 Å². The highest BCUT2D eigenvalue weighted by Crippen LogP contribution is 2.28. The predicted molar refractivity (Wildman–Crippen MR) is 77.0 cm³/mol. The fraction of sp³-hybridized carbons (Fsp3) is 0.133. The minimum atomic E-state index is -0.370. The van der Waals surface area contributed by atoms with Gasteiger partial charge in [0.25, 0.3) is 0 Å². The van der Waals surface area contributed by atoms with E-state index in [4.69, 9.17) is 10.2 Å². The Morgan fingerprint density at radius 2 is 2.20 bits per heavy atom. The van der Waals surface area contributed by atoms with Crippen molar-refractivity contribution in [2.24, 2.45) is 5.73 Å². The highest BCUT2D eigenvalue weighted by Gasteiger charge is 2.16. The molecule has 102 valence electrons. The number of aromatic nitrogens is 1. The molecule has 0 amide bonds. The molecule has 20 heavy (non-hydrogen) atoms. The topological polar surface area (TPSA) is 52.0 Å². The van der Waals surface area contributed by atoms with Crippen molar-refractivity contribution in [3.05, 3.63) is 64.1 Å². The first-order valence-electron chi connectivity index (χ1n) is 6.16. The van der Waals surface area contributed by atoms with E-state index in [1.165, 1.54) is 17.4 Å². The quantitative estimate of drug-likeness (QED) is 0.795. The van der Waals surface area contributed by atoms with Crippen molar-refractivity contribution in [3.63, 3.8) is 0 Å². The Morgan fingerprint density at radius 3 is 2.90 bits per heavy atom. The van der Waals surface area contributed by atoms with E-state index in [9.17, 15) is 4.39 Å². The van der Waals surface area contributed by atoms with E-state index >= 15 is 0 Å². The van der Waals surface area contributed by atoms with E-state index in [0.29, 0.717) is 11.3 Å². The highest BCUT2D eigenvalue weighted by atomic mass is 32.1. The molecule has 1 unspecified atom stereocenters. The fourth-order valence-electron chi connectivity index (χ4n) is 1.96. The van der Waals surface area contributed by atoms with Crippen LogP contribution in [-0.4, -0.2) is 4.98 Å². The number of halogens is 1. The van der Waals surface area contributed by atoms with Gasteiger partial charge in [-0.05, 0) is 42.8 Å². The molecule has 3 aromatic rings. The lowest BCUT2D eigenvalue weighted by Crippen LogP contribution is -2.10. The lowest BCUT2D eigenvalue weighted by atomic mass is 10.1. The normalized spacial score (nSPS) is 12.6. The maximum atomic E-state index is 13.3. The highest BCUT2D eigenvalue weighted by molar-refractivity contribution is 7.10. The van der Waals surface area contributed by atoms with E-state index in [0.717, 1.165) is 16.3 Å². The summed E-state index contributed by atoms with van der Waals surface area (Å²) in [6, 6.07) is 8.22. The predicted octanol–water partition coefficient (Wildman–Crippen LogP) is 3.90. The summed E-state index contributed by atoms with van der Waals surface area (Å²) < 4.78 is 18.6. The zero-order valence-corrected chi connectivity index (χ0v) is 11.7. The maximum absolute atomic E-state index is 13.3. The Morgan fingerprint density at radius 1 is 1.35 bits per heavy atom. The Balaban J connectivity index is 1.92. The van der Waals surface area contributed by atoms with Crippen molar-refractivity contribution in [3.8, 4) is 11.3 Å². The molecule has 1 atom stereocenters. The summed E-state index contributed by atoms with van der Waals surface area (Å²) in [5.74, 6) is 0.470. The third-order valence-electron chi connectivity index (χ3n) is 3.09.